The first-order valence-electron chi connectivity index (χ1n) is 6.67. The molecule has 16 heavy (non-hydrogen) atoms. The maximum atomic E-state index is 11.3. The van der Waals surface area contributed by atoms with Crippen LogP contribution in [0, 0.1) is 11.8 Å². The van der Waals surface area contributed by atoms with E-state index in [2.05, 4.69) is 11.8 Å². The number of aliphatic carboxylic acids is 1. The molecule has 0 bridgehead atoms. The van der Waals surface area contributed by atoms with Gasteiger partial charge in [-0.15, -0.1) is 0 Å². The van der Waals surface area contributed by atoms with E-state index in [0.29, 0.717) is 5.92 Å². The van der Waals surface area contributed by atoms with Gasteiger partial charge in [-0.25, -0.2) is 0 Å². The second-order valence-electron chi connectivity index (χ2n) is 5.44. The minimum atomic E-state index is -0.608. The van der Waals surface area contributed by atoms with Crippen LogP contribution >= 0.6 is 0 Å². The number of carbonyl (C=O) groups is 1. The lowest BCUT2D eigenvalue weighted by Crippen LogP contribution is -2.41. The smallest absolute Gasteiger partial charge is 0.320 e. The lowest BCUT2D eigenvalue weighted by molar-refractivity contribution is -0.144. The van der Waals surface area contributed by atoms with Crippen LogP contribution in [-0.2, 0) is 4.79 Å². The molecule has 2 fully saturated rings. The van der Waals surface area contributed by atoms with Crippen molar-refractivity contribution < 1.29 is 9.90 Å². The molecule has 0 spiro atoms. The van der Waals surface area contributed by atoms with Crippen molar-refractivity contribution >= 4 is 5.97 Å². The van der Waals surface area contributed by atoms with Crippen molar-refractivity contribution in [1.82, 2.24) is 4.90 Å². The van der Waals surface area contributed by atoms with Gasteiger partial charge in [0.2, 0.25) is 0 Å². The molecule has 0 amide bonds. The Bertz CT molecular complexity index is 250. The number of carboxylic acids is 1. The molecular formula is C13H23NO2. The molecule has 3 nitrogen and oxygen atoms in total. The summed E-state index contributed by atoms with van der Waals surface area (Å²) in [6.45, 7) is 4.19. The molecule has 2 rings (SSSR count). The molecule has 1 saturated carbocycles. The summed E-state index contributed by atoms with van der Waals surface area (Å²) in [6, 6.07) is -0.207. The quantitative estimate of drug-likeness (QED) is 0.781. The summed E-state index contributed by atoms with van der Waals surface area (Å²) in [6.07, 6.45) is 7.04. The fourth-order valence-corrected chi connectivity index (χ4v) is 2.93. The minimum Gasteiger partial charge on any atom is -0.480 e. The lowest BCUT2D eigenvalue weighted by Gasteiger charge is -2.32. The predicted molar refractivity (Wildman–Crippen MR) is 63.4 cm³/mol. The summed E-state index contributed by atoms with van der Waals surface area (Å²) in [4.78, 5) is 13.5. The maximum Gasteiger partial charge on any atom is 0.320 e. The molecule has 2 atom stereocenters. The Morgan fingerprint density at radius 1 is 1.38 bits per heavy atom. The van der Waals surface area contributed by atoms with Gasteiger partial charge in [0.1, 0.15) is 6.04 Å². The summed E-state index contributed by atoms with van der Waals surface area (Å²) in [5, 5.41) is 9.32. The Labute approximate surface area is 97.8 Å². The molecule has 0 aromatic carbocycles. The molecule has 3 heteroatoms. The van der Waals surface area contributed by atoms with Crippen LogP contribution in [0.4, 0.5) is 0 Å². The van der Waals surface area contributed by atoms with E-state index >= 15 is 0 Å². The predicted octanol–water partition coefficient (Wildman–Crippen LogP) is 2.36. The zero-order valence-corrected chi connectivity index (χ0v) is 10.2. The van der Waals surface area contributed by atoms with Gasteiger partial charge in [-0.2, -0.15) is 0 Å². The summed E-state index contributed by atoms with van der Waals surface area (Å²) in [7, 11) is 0. The van der Waals surface area contributed by atoms with Crippen molar-refractivity contribution in [1.29, 1.82) is 0 Å². The number of rotatable bonds is 5. The lowest BCUT2D eigenvalue weighted by atomic mass is 9.80. The summed E-state index contributed by atoms with van der Waals surface area (Å²) in [5.41, 5.74) is 0. The van der Waals surface area contributed by atoms with Gasteiger partial charge in [0.25, 0.3) is 0 Å². The monoisotopic (exact) mass is 225 g/mol. The highest BCUT2D eigenvalue weighted by Gasteiger charge is 2.34. The van der Waals surface area contributed by atoms with Gasteiger partial charge in [-0.05, 0) is 31.2 Å². The Kier molecular flexibility index (Phi) is 3.85. The van der Waals surface area contributed by atoms with Crippen LogP contribution in [0.5, 0.6) is 0 Å². The second kappa shape index (κ2) is 5.17. The molecule has 0 radical (unpaired) electrons. The highest BCUT2D eigenvalue weighted by Crippen LogP contribution is 2.33. The SMILES string of the molecule is CCC1CCN([C@H](CC2CCC2)C(=O)O)C1. The van der Waals surface area contributed by atoms with Gasteiger partial charge in [-0.1, -0.05) is 32.6 Å². The van der Waals surface area contributed by atoms with Crippen LogP contribution < -0.4 is 0 Å². The van der Waals surface area contributed by atoms with E-state index in [9.17, 15) is 9.90 Å². The van der Waals surface area contributed by atoms with Crippen molar-refractivity contribution in [3.05, 3.63) is 0 Å². The van der Waals surface area contributed by atoms with E-state index in [1.165, 1.54) is 32.1 Å². The van der Waals surface area contributed by atoms with Gasteiger partial charge in [0.15, 0.2) is 0 Å². The van der Waals surface area contributed by atoms with E-state index in [4.69, 9.17) is 0 Å². The minimum absolute atomic E-state index is 0.207. The van der Waals surface area contributed by atoms with Crippen LogP contribution in [0.15, 0.2) is 0 Å². The van der Waals surface area contributed by atoms with Crippen LogP contribution in [-0.4, -0.2) is 35.1 Å². The third kappa shape index (κ3) is 2.57. The van der Waals surface area contributed by atoms with Crippen LogP contribution in [0.2, 0.25) is 0 Å². The molecule has 1 N–H and O–H groups in total. The van der Waals surface area contributed by atoms with Gasteiger partial charge in [-0.3, -0.25) is 9.69 Å². The fraction of sp³-hybridized carbons (Fsp3) is 0.923. The van der Waals surface area contributed by atoms with Crippen molar-refractivity contribution in [2.45, 2.75) is 51.5 Å². The van der Waals surface area contributed by atoms with Crippen molar-refractivity contribution in [2.75, 3.05) is 13.1 Å². The first-order chi connectivity index (χ1) is 7.70. The molecule has 1 unspecified atom stereocenters. The Morgan fingerprint density at radius 3 is 2.56 bits per heavy atom. The highest BCUT2D eigenvalue weighted by molar-refractivity contribution is 5.73. The average molecular weight is 225 g/mol. The molecule has 1 heterocycles. The van der Waals surface area contributed by atoms with E-state index < -0.39 is 5.97 Å². The second-order valence-corrected chi connectivity index (χ2v) is 5.44. The van der Waals surface area contributed by atoms with Gasteiger partial charge in [0.05, 0.1) is 0 Å². The van der Waals surface area contributed by atoms with Crippen LogP contribution in [0.25, 0.3) is 0 Å². The summed E-state index contributed by atoms with van der Waals surface area (Å²) >= 11 is 0. The molecule has 92 valence electrons. The number of hydrogen-bond acceptors (Lipinski definition) is 2. The fourth-order valence-electron chi connectivity index (χ4n) is 2.93. The normalized spacial score (nSPS) is 28.9. The van der Waals surface area contributed by atoms with E-state index in [1.54, 1.807) is 0 Å². The molecule has 0 aromatic heterocycles. The first-order valence-corrected chi connectivity index (χ1v) is 6.67. The zero-order chi connectivity index (χ0) is 11.5. The number of hydrogen-bond donors (Lipinski definition) is 1. The summed E-state index contributed by atoms with van der Waals surface area (Å²) < 4.78 is 0. The first kappa shape index (κ1) is 11.9. The Hall–Kier alpha value is -0.570. The molecule has 1 aliphatic heterocycles. The van der Waals surface area contributed by atoms with Crippen molar-refractivity contribution in [3.63, 3.8) is 0 Å². The number of nitrogens with zero attached hydrogens (tertiary/aromatic N) is 1. The van der Waals surface area contributed by atoms with Crippen LogP contribution in [0.1, 0.15) is 45.4 Å². The number of likely N-dealkylation sites (tertiary alicyclic amines) is 1. The van der Waals surface area contributed by atoms with E-state index in [1.807, 2.05) is 0 Å². The average Bonchev–Trinajstić information content (AvgIpc) is 2.63. The Morgan fingerprint density at radius 2 is 2.12 bits per heavy atom. The third-order valence-electron chi connectivity index (χ3n) is 4.40. The van der Waals surface area contributed by atoms with Crippen LogP contribution in [0.3, 0.4) is 0 Å². The Balaban J connectivity index is 1.88. The maximum absolute atomic E-state index is 11.3. The number of carboxylic acid groups (broad SMARTS) is 1. The molecular weight excluding hydrogens is 202 g/mol. The van der Waals surface area contributed by atoms with Crippen molar-refractivity contribution in [3.8, 4) is 0 Å². The van der Waals surface area contributed by atoms with Gasteiger partial charge in [0, 0.05) is 6.54 Å². The molecule has 0 aromatic rings. The van der Waals surface area contributed by atoms with E-state index in [0.717, 1.165) is 25.4 Å². The zero-order valence-electron chi connectivity index (χ0n) is 10.2. The van der Waals surface area contributed by atoms with Crippen molar-refractivity contribution in [2.24, 2.45) is 11.8 Å². The summed E-state index contributed by atoms with van der Waals surface area (Å²) in [5.74, 6) is 0.800. The largest absolute Gasteiger partial charge is 0.480 e. The standard InChI is InChI=1S/C13H23NO2/c1-2-10-6-7-14(9-10)12(13(15)16)8-11-4-3-5-11/h10-12H,2-9H2,1H3,(H,15,16)/t10?,12-/m1/s1. The molecule has 2 aliphatic rings. The topological polar surface area (TPSA) is 40.5 Å². The highest BCUT2D eigenvalue weighted by atomic mass is 16.4. The third-order valence-corrected chi connectivity index (χ3v) is 4.40. The van der Waals surface area contributed by atoms with Gasteiger partial charge < -0.3 is 5.11 Å². The van der Waals surface area contributed by atoms with E-state index in [-0.39, 0.29) is 6.04 Å². The molecule has 1 aliphatic carbocycles. The van der Waals surface area contributed by atoms with Gasteiger partial charge >= 0.3 is 5.97 Å². The molecule has 1 saturated heterocycles.